The van der Waals surface area contributed by atoms with Crippen LogP contribution in [0.25, 0.3) is 16.6 Å². The predicted molar refractivity (Wildman–Crippen MR) is 151 cm³/mol. The molecule has 0 radical (unpaired) electrons. The van der Waals surface area contributed by atoms with Crippen molar-refractivity contribution in [1.82, 2.24) is 19.4 Å². The van der Waals surface area contributed by atoms with Crippen LogP contribution in [0.4, 0.5) is 4.39 Å². The zero-order valence-corrected chi connectivity index (χ0v) is 22.9. The molecule has 6 rings (SSSR count). The van der Waals surface area contributed by atoms with E-state index in [1.807, 2.05) is 45.5 Å². The molecule has 1 aromatic carbocycles. The summed E-state index contributed by atoms with van der Waals surface area (Å²) in [6.45, 7) is 2.73. The Hall–Kier alpha value is -3.35. The van der Waals surface area contributed by atoms with E-state index < -0.39 is 5.54 Å². The van der Waals surface area contributed by atoms with Crippen molar-refractivity contribution in [3.8, 4) is 5.69 Å². The summed E-state index contributed by atoms with van der Waals surface area (Å²) in [5.41, 5.74) is 2.28. The Morgan fingerprint density at radius 2 is 1.85 bits per heavy atom. The number of aromatic nitrogens is 2. The van der Waals surface area contributed by atoms with Crippen LogP contribution in [0, 0.1) is 5.82 Å². The molecule has 0 saturated heterocycles. The molecular formula is C32H39FN4O2. The number of fused-ring (bicyclic) bond motifs is 3. The molecule has 0 unspecified atom stereocenters. The Labute approximate surface area is 229 Å². The highest BCUT2D eigenvalue weighted by Gasteiger charge is 2.49. The first-order valence-corrected chi connectivity index (χ1v) is 14.7. The van der Waals surface area contributed by atoms with Crippen molar-refractivity contribution >= 4 is 22.7 Å². The summed E-state index contributed by atoms with van der Waals surface area (Å²) >= 11 is 0. The van der Waals surface area contributed by atoms with Gasteiger partial charge in [-0.05, 0) is 82.2 Å². The van der Waals surface area contributed by atoms with Gasteiger partial charge in [0.2, 0.25) is 5.91 Å². The largest absolute Gasteiger partial charge is 0.351 e. The molecule has 3 aromatic rings. The molecule has 3 aliphatic rings. The Balaban J connectivity index is 1.44. The number of carbonyl (C=O) groups is 2. The Bertz CT molecular complexity index is 1400. The molecule has 1 atom stereocenters. The number of allylic oxidation sites excluding steroid dienone is 1. The number of rotatable bonds is 6. The van der Waals surface area contributed by atoms with Crippen LogP contribution < -0.4 is 5.32 Å². The first-order valence-electron chi connectivity index (χ1n) is 14.7. The van der Waals surface area contributed by atoms with Gasteiger partial charge >= 0.3 is 0 Å². The van der Waals surface area contributed by atoms with Gasteiger partial charge in [-0.25, -0.2) is 4.39 Å². The predicted octanol–water partition coefficient (Wildman–Crippen LogP) is 6.52. The van der Waals surface area contributed by atoms with Crippen LogP contribution in [-0.4, -0.2) is 44.0 Å². The van der Waals surface area contributed by atoms with Gasteiger partial charge in [-0.2, -0.15) is 0 Å². The van der Waals surface area contributed by atoms with E-state index in [9.17, 15) is 14.0 Å². The molecule has 2 aromatic heterocycles. The normalized spacial score (nSPS) is 22.5. The topological polar surface area (TPSA) is 59.3 Å². The highest BCUT2D eigenvalue weighted by atomic mass is 19.1. The summed E-state index contributed by atoms with van der Waals surface area (Å²) in [5.74, 6) is -0.602. The van der Waals surface area contributed by atoms with Crippen molar-refractivity contribution in [3.63, 3.8) is 0 Å². The molecule has 7 heteroatoms. The van der Waals surface area contributed by atoms with Crippen molar-refractivity contribution in [2.75, 3.05) is 6.54 Å². The lowest BCUT2D eigenvalue weighted by Gasteiger charge is -2.45. The lowest BCUT2D eigenvalue weighted by Crippen LogP contribution is -2.65. The van der Waals surface area contributed by atoms with E-state index in [1.54, 1.807) is 6.07 Å². The Morgan fingerprint density at radius 1 is 1.08 bits per heavy atom. The fraction of sp³-hybridized carbons (Fsp3) is 0.500. The number of hydrogen-bond donors (Lipinski definition) is 1. The molecule has 2 aliphatic carbocycles. The zero-order chi connectivity index (χ0) is 27.0. The zero-order valence-electron chi connectivity index (χ0n) is 22.9. The molecule has 1 N–H and O–H groups in total. The summed E-state index contributed by atoms with van der Waals surface area (Å²) in [6, 6.07) is 8.62. The van der Waals surface area contributed by atoms with Gasteiger partial charge in [0.05, 0.1) is 17.7 Å². The molecule has 3 heterocycles. The molecule has 1 saturated carbocycles. The molecule has 206 valence electrons. The van der Waals surface area contributed by atoms with Crippen LogP contribution in [0.5, 0.6) is 0 Å². The van der Waals surface area contributed by atoms with E-state index in [0.717, 1.165) is 50.5 Å². The molecule has 2 amide bonds. The van der Waals surface area contributed by atoms with Gasteiger partial charge in [0, 0.05) is 30.4 Å². The van der Waals surface area contributed by atoms with Crippen molar-refractivity contribution in [2.24, 2.45) is 0 Å². The quantitative estimate of drug-likeness (QED) is 0.292. The lowest BCUT2D eigenvalue weighted by molar-refractivity contribution is -0.133. The highest BCUT2D eigenvalue weighted by Crippen LogP contribution is 2.39. The average Bonchev–Trinajstić information content (AvgIpc) is 3.48. The number of halogens is 1. The van der Waals surface area contributed by atoms with E-state index in [0.29, 0.717) is 29.9 Å². The van der Waals surface area contributed by atoms with E-state index in [1.165, 1.54) is 43.4 Å². The fourth-order valence-electron chi connectivity index (χ4n) is 6.87. The van der Waals surface area contributed by atoms with Gasteiger partial charge in [-0.1, -0.05) is 37.3 Å². The molecule has 0 bridgehead atoms. The second kappa shape index (κ2) is 10.7. The minimum absolute atomic E-state index is 0.0856. The number of carbonyl (C=O) groups excluding carboxylic acids is 2. The van der Waals surface area contributed by atoms with E-state index in [4.69, 9.17) is 0 Å². The molecule has 6 nitrogen and oxygen atoms in total. The SMILES string of the molecule is C[C@]1(C(=O)NC2CCCCCC2)Cn2c(c(-n3cccc3)c3cc(F)ccc32)C(=O)N1CCC1=CCCCC1. The molecule has 1 fully saturated rings. The summed E-state index contributed by atoms with van der Waals surface area (Å²) in [6.07, 6.45) is 18.0. The average molecular weight is 531 g/mol. The van der Waals surface area contributed by atoms with Gasteiger partial charge in [0.15, 0.2) is 0 Å². The van der Waals surface area contributed by atoms with Crippen molar-refractivity contribution in [1.29, 1.82) is 0 Å². The van der Waals surface area contributed by atoms with E-state index in [-0.39, 0.29) is 23.7 Å². The van der Waals surface area contributed by atoms with Crippen molar-refractivity contribution in [3.05, 3.63) is 65.9 Å². The maximum absolute atomic E-state index is 14.5. The maximum Gasteiger partial charge on any atom is 0.273 e. The molecular weight excluding hydrogens is 491 g/mol. The van der Waals surface area contributed by atoms with Gasteiger partial charge in [0.25, 0.3) is 5.91 Å². The first kappa shape index (κ1) is 25.9. The van der Waals surface area contributed by atoms with Gasteiger partial charge in [0.1, 0.15) is 17.1 Å². The number of amides is 2. The van der Waals surface area contributed by atoms with Crippen LogP contribution in [0.15, 0.2) is 54.4 Å². The first-order chi connectivity index (χ1) is 19.0. The highest BCUT2D eigenvalue weighted by molar-refractivity contribution is 6.09. The third-order valence-electron chi connectivity index (χ3n) is 9.09. The van der Waals surface area contributed by atoms with Crippen LogP contribution in [-0.2, 0) is 11.3 Å². The van der Waals surface area contributed by atoms with Crippen LogP contribution in [0.2, 0.25) is 0 Å². The minimum Gasteiger partial charge on any atom is -0.351 e. The lowest BCUT2D eigenvalue weighted by atomic mass is 9.91. The minimum atomic E-state index is -1.06. The van der Waals surface area contributed by atoms with Crippen LogP contribution >= 0.6 is 0 Å². The second-order valence-corrected chi connectivity index (χ2v) is 11.8. The Kier molecular flexibility index (Phi) is 7.08. The summed E-state index contributed by atoms with van der Waals surface area (Å²) in [7, 11) is 0. The third kappa shape index (κ3) is 4.81. The maximum atomic E-state index is 14.5. The van der Waals surface area contributed by atoms with Crippen molar-refractivity contribution < 1.29 is 14.0 Å². The second-order valence-electron chi connectivity index (χ2n) is 11.8. The molecule has 39 heavy (non-hydrogen) atoms. The van der Waals surface area contributed by atoms with E-state index in [2.05, 4.69) is 11.4 Å². The molecule has 0 spiro atoms. The number of nitrogens with one attached hydrogen (secondary N) is 1. The number of benzene rings is 1. The number of nitrogens with zero attached hydrogens (tertiary/aromatic N) is 3. The molecule has 1 aliphatic heterocycles. The van der Waals surface area contributed by atoms with Crippen LogP contribution in [0.1, 0.15) is 88.0 Å². The Morgan fingerprint density at radius 3 is 2.56 bits per heavy atom. The van der Waals surface area contributed by atoms with Gasteiger partial charge in [-0.3, -0.25) is 9.59 Å². The van der Waals surface area contributed by atoms with Gasteiger partial charge < -0.3 is 19.4 Å². The summed E-state index contributed by atoms with van der Waals surface area (Å²) < 4.78 is 18.4. The van der Waals surface area contributed by atoms with Crippen molar-refractivity contribution in [2.45, 2.75) is 95.7 Å². The third-order valence-corrected chi connectivity index (χ3v) is 9.09. The standard InChI is InChI=1S/C32H39FN4O2/c1-32(31(39)34-25-13-7-2-3-8-14-25)22-36-27-16-15-24(33)21-26(27)28(35-18-9-10-19-35)29(36)30(38)37(32)20-17-23-11-5-4-6-12-23/h9-11,15-16,18-19,21,25H,2-8,12-14,17,20,22H2,1H3,(H,34,39)/t32-/m1/s1. The summed E-state index contributed by atoms with van der Waals surface area (Å²) in [4.78, 5) is 30.5. The monoisotopic (exact) mass is 530 g/mol. The fourth-order valence-corrected chi connectivity index (χ4v) is 6.87. The number of hydrogen-bond acceptors (Lipinski definition) is 2. The van der Waals surface area contributed by atoms with E-state index >= 15 is 0 Å². The van der Waals surface area contributed by atoms with Crippen LogP contribution in [0.3, 0.4) is 0 Å². The summed E-state index contributed by atoms with van der Waals surface area (Å²) in [5, 5.41) is 4.03. The van der Waals surface area contributed by atoms with Gasteiger partial charge in [-0.15, -0.1) is 0 Å². The smallest absolute Gasteiger partial charge is 0.273 e.